The average Bonchev–Trinajstić information content (AvgIpc) is 1.44. The van der Waals surface area contributed by atoms with Crippen molar-refractivity contribution < 1.29 is 48.0 Å². The maximum Gasteiger partial charge on any atom is 0.299 e. The number of hydrogen-bond acceptors (Lipinski definition) is 12. The average molecular weight is 1470 g/mol. The second-order valence-electron chi connectivity index (χ2n) is 28.2. The predicted octanol–water partition coefficient (Wildman–Crippen LogP) is 13.5. The number of amides is 2. The summed E-state index contributed by atoms with van der Waals surface area (Å²) in [4.78, 5) is 55.2. The number of ether oxygens (including phenoxy) is 2. The quantitative estimate of drug-likeness (QED) is 0.0468. The molecule has 2 amide bonds. The van der Waals surface area contributed by atoms with Crippen LogP contribution < -0.4 is 28.4 Å². The maximum absolute atomic E-state index is 13.2. The molecule has 0 fully saturated rings. The van der Waals surface area contributed by atoms with E-state index < -0.39 is 23.4 Å². The van der Waals surface area contributed by atoms with Crippen LogP contribution in [0.15, 0.2) is 155 Å². The number of aromatic nitrogens is 8. The van der Waals surface area contributed by atoms with Crippen molar-refractivity contribution in [3.63, 3.8) is 0 Å². The highest BCUT2D eigenvalue weighted by molar-refractivity contribution is 9.10. The summed E-state index contributed by atoms with van der Waals surface area (Å²) in [5, 5.41) is 43.9. The molecular weight excluding hydrogens is 1390 g/mol. The van der Waals surface area contributed by atoms with E-state index in [0.717, 1.165) is 55.6 Å². The normalized spacial score (nSPS) is 13.9. The molecule has 100 heavy (non-hydrogen) atoms. The summed E-state index contributed by atoms with van der Waals surface area (Å²) in [5.41, 5.74) is 14.3. The first-order valence-electron chi connectivity index (χ1n) is 33.5. The second kappa shape index (κ2) is 28.2. The number of aryl methyl sites for hydroxylation is 4. The van der Waals surface area contributed by atoms with Gasteiger partial charge in [-0.25, -0.2) is 9.13 Å². The predicted molar refractivity (Wildman–Crippen MR) is 390 cm³/mol. The number of rotatable bonds is 18. The van der Waals surface area contributed by atoms with Crippen molar-refractivity contribution in [1.82, 2.24) is 30.0 Å². The molecule has 6 aromatic carbocycles. The summed E-state index contributed by atoms with van der Waals surface area (Å²) in [6, 6.07) is 35.7. The van der Waals surface area contributed by atoms with Crippen LogP contribution in [0.25, 0.3) is 24.3 Å². The molecule has 0 saturated heterocycles. The molecule has 0 saturated carbocycles. The molecule has 0 spiro atoms. The molecular formula is C80H78Br2N10O8+2. The summed E-state index contributed by atoms with van der Waals surface area (Å²) >= 11 is 6.84. The van der Waals surface area contributed by atoms with E-state index in [4.69, 9.17) is 9.47 Å². The number of aromatic hydroxyl groups is 2. The van der Waals surface area contributed by atoms with E-state index in [-0.39, 0.29) is 74.3 Å². The molecule has 508 valence electrons. The van der Waals surface area contributed by atoms with Gasteiger partial charge in [-0.2, -0.15) is 0 Å². The van der Waals surface area contributed by atoms with E-state index in [1.807, 2.05) is 48.0 Å². The van der Waals surface area contributed by atoms with Gasteiger partial charge in [0.05, 0.1) is 61.2 Å². The summed E-state index contributed by atoms with van der Waals surface area (Å²) in [6.45, 7) is 14.7. The van der Waals surface area contributed by atoms with Crippen LogP contribution in [0.5, 0.6) is 23.0 Å². The lowest BCUT2D eigenvalue weighted by Crippen LogP contribution is -2.29. The second-order valence-corrected chi connectivity index (χ2v) is 30.0. The lowest BCUT2D eigenvalue weighted by atomic mass is 9.81. The fourth-order valence-electron chi connectivity index (χ4n) is 13.1. The summed E-state index contributed by atoms with van der Waals surface area (Å²) < 4.78 is 23.1. The first-order chi connectivity index (χ1) is 47.8. The fraction of sp³-hybridized carbons (Fsp3) is 0.275. The Morgan fingerprint density at radius 2 is 0.810 bits per heavy atom. The van der Waals surface area contributed by atoms with E-state index in [0.29, 0.717) is 103 Å². The number of nitrogens with zero attached hydrogens (tertiary/aromatic N) is 10. The van der Waals surface area contributed by atoms with Crippen LogP contribution in [0.3, 0.4) is 0 Å². The fourth-order valence-corrected chi connectivity index (χ4v) is 13.8. The number of anilines is 2. The van der Waals surface area contributed by atoms with Crippen LogP contribution >= 0.6 is 31.9 Å². The number of phenolic OH excluding ortho intramolecular Hbond substituents is 2. The smallest absolute Gasteiger partial charge is 0.299 e. The molecule has 18 nitrogen and oxygen atoms in total. The third kappa shape index (κ3) is 15.0. The highest BCUT2D eigenvalue weighted by Crippen LogP contribution is 2.44. The number of halogens is 2. The topological polar surface area (TPSA) is 203 Å². The molecule has 0 atom stereocenters. The zero-order chi connectivity index (χ0) is 70.3. The minimum absolute atomic E-state index is 0.0796. The molecule has 0 unspecified atom stereocenters. The standard InChI is InChI=1S/C80H76Br2N10O8/c1-79(2,3)61-39-57-35-53-31-51(13-11-49-19-25-87(7)26-20-49)33-55(71(53)93)37-59-41-62(80(4,5)6)42-60(76(59)100-30-10-24-90-46-66(84-86-90)48-92-70-18-16-64(82)44-68(70)74(96)78(92)98)38-56-34-52(14-12-50-21-27-88(8)28-22-50)32-54(72(56)94)36-58(40-61)75(57)99-29-9-23-89-45-65(83-85-89)47-91-69-17-15-63(81)43-67(69)73(95)77(91)97/h11-22,25-28,31-34,39-46H,9-10,23-24,29-30,35-38,47-48H2,1-8H3/p+2. The Balaban J connectivity index is 0.882. The maximum atomic E-state index is 13.2. The number of phenols is 2. The van der Waals surface area contributed by atoms with Crippen LogP contribution in [0.2, 0.25) is 0 Å². The lowest BCUT2D eigenvalue weighted by molar-refractivity contribution is -0.671. The Morgan fingerprint density at radius 1 is 0.470 bits per heavy atom. The molecule has 4 aromatic heterocycles. The van der Waals surface area contributed by atoms with Crippen molar-refractivity contribution in [2.24, 2.45) is 14.1 Å². The number of hydrogen-bond donors (Lipinski definition) is 2. The van der Waals surface area contributed by atoms with Gasteiger partial charge in [0.25, 0.3) is 23.4 Å². The first kappa shape index (κ1) is 68.3. The Bertz CT molecular complexity index is 4540. The largest absolute Gasteiger partial charge is 0.507 e. The number of carbonyl (C=O) groups is 4. The van der Waals surface area contributed by atoms with Gasteiger partial charge < -0.3 is 19.7 Å². The molecule has 8 bridgehead atoms. The zero-order valence-electron chi connectivity index (χ0n) is 57.2. The third-order valence-corrected chi connectivity index (χ3v) is 19.5. The molecule has 20 heteroatoms. The van der Waals surface area contributed by atoms with Crippen molar-refractivity contribution >= 4 is 90.9 Å². The van der Waals surface area contributed by atoms with E-state index in [1.54, 1.807) is 58.2 Å². The van der Waals surface area contributed by atoms with Gasteiger partial charge in [0.1, 0.15) is 48.5 Å². The molecule has 13 rings (SSSR count). The minimum atomic E-state index is -0.613. The molecule has 10 aromatic rings. The first-order valence-corrected chi connectivity index (χ1v) is 35.1. The highest BCUT2D eigenvalue weighted by atomic mass is 79.9. The van der Waals surface area contributed by atoms with Gasteiger partial charge in [0, 0.05) is 84.8 Å². The number of fused-ring (bicyclic) bond motifs is 10. The SMILES string of the molecule is C[n+]1ccc(/C=C/c2cc3c(O)c(c2)Cc2cc(C(C)(C)C)cc(c2OCCCn2cc(CN4C(=O)C(=O)c5cc(Br)ccc54)nn2)Cc2cc(/C=C/c4cc[n+](C)cc4)cc(c2O)Cc2cc(C(C)(C)C)cc(c2OCCCn2cc(CN4C(=O)C(=O)c5cc(Br)ccc54)nn2)C3)cc1. The molecule has 0 radical (unpaired) electrons. The van der Waals surface area contributed by atoms with Gasteiger partial charge in [0.15, 0.2) is 24.8 Å². The zero-order valence-corrected chi connectivity index (χ0v) is 60.4. The van der Waals surface area contributed by atoms with Gasteiger partial charge in [0.2, 0.25) is 0 Å². The van der Waals surface area contributed by atoms with Gasteiger partial charge in [-0.1, -0.05) is 132 Å². The lowest BCUT2D eigenvalue weighted by Gasteiger charge is -2.26. The van der Waals surface area contributed by atoms with Crippen LogP contribution in [0.1, 0.15) is 164 Å². The number of ketones is 2. The van der Waals surface area contributed by atoms with Gasteiger partial charge in [-0.15, -0.1) is 10.2 Å². The Labute approximate surface area is 598 Å². The summed E-state index contributed by atoms with van der Waals surface area (Å²) in [6.07, 6.45) is 22.1. The minimum Gasteiger partial charge on any atom is -0.507 e. The number of Topliss-reactive ketones (excluding diaryl/α,β-unsaturated/α-hetero) is 2. The van der Waals surface area contributed by atoms with Gasteiger partial charge in [-0.3, -0.25) is 38.3 Å². The highest BCUT2D eigenvalue weighted by Gasteiger charge is 2.38. The summed E-state index contributed by atoms with van der Waals surface area (Å²) in [7, 11) is 3.98. The van der Waals surface area contributed by atoms with Crippen molar-refractivity contribution in [3.05, 3.63) is 256 Å². The molecule has 3 aliphatic rings. The molecule has 6 heterocycles. The van der Waals surface area contributed by atoms with Crippen LogP contribution in [0.4, 0.5) is 11.4 Å². The van der Waals surface area contributed by atoms with Gasteiger partial charge in [-0.05, 0) is 149 Å². The van der Waals surface area contributed by atoms with E-state index in [2.05, 4.69) is 191 Å². The molecule has 1 aliphatic carbocycles. The molecule has 2 aliphatic heterocycles. The van der Waals surface area contributed by atoms with E-state index in [9.17, 15) is 29.4 Å². The van der Waals surface area contributed by atoms with Crippen molar-refractivity contribution in [2.45, 2.75) is 117 Å². The van der Waals surface area contributed by atoms with Crippen molar-refractivity contribution in [2.75, 3.05) is 23.0 Å². The summed E-state index contributed by atoms with van der Waals surface area (Å²) in [5.74, 6) is -0.746. The number of pyridine rings is 2. The number of benzene rings is 6. The van der Waals surface area contributed by atoms with Crippen molar-refractivity contribution in [1.29, 1.82) is 0 Å². The van der Waals surface area contributed by atoms with Crippen molar-refractivity contribution in [3.8, 4) is 23.0 Å². The third-order valence-electron chi connectivity index (χ3n) is 18.5. The van der Waals surface area contributed by atoms with Crippen LogP contribution in [0, 0.1) is 0 Å². The van der Waals surface area contributed by atoms with E-state index in [1.165, 1.54) is 9.80 Å². The van der Waals surface area contributed by atoms with Crippen LogP contribution in [-0.2, 0) is 86.4 Å². The van der Waals surface area contributed by atoms with Crippen LogP contribution in [-0.4, -0.2) is 76.8 Å². The number of carbonyl (C=O) groups excluding carboxylic acids is 4. The Morgan fingerprint density at radius 3 is 1.15 bits per heavy atom. The monoisotopic (exact) mass is 1460 g/mol. The molecule has 2 N–H and O–H groups in total. The Kier molecular flexibility index (Phi) is 19.3. The van der Waals surface area contributed by atoms with Gasteiger partial charge >= 0.3 is 0 Å². The Hall–Kier alpha value is -10.2. The van der Waals surface area contributed by atoms with E-state index >= 15 is 0 Å².